The van der Waals surface area contributed by atoms with E-state index in [4.69, 9.17) is 4.74 Å². The van der Waals surface area contributed by atoms with Gasteiger partial charge in [-0.15, -0.1) is 0 Å². The van der Waals surface area contributed by atoms with Gasteiger partial charge < -0.3 is 10.1 Å². The Bertz CT molecular complexity index is 596. The zero-order valence-corrected chi connectivity index (χ0v) is 13.4. The van der Waals surface area contributed by atoms with Crippen LogP contribution in [0.25, 0.3) is 0 Å². The van der Waals surface area contributed by atoms with Gasteiger partial charge in [-0.3, -0.25) is 9.69 Å². The minimum atomic E-state index is -0.860. The number of carbonyl (C=O) groups is 1. The van der Waals surface area contributed by atoms with Gasteiger partial charge in [0.25, 0.3) is 0 Å². The van der Waals surface area contributed by atoms with Gasteiger partial charge in [-0.25, -0.2) is 8.78 Å². The average molecular weight is 324 g/mol. The lowest BCUT2D eigenvalue weighted by Crippen LogP contribution is -2.44. The van der Waals surface area contributed by atoms with Crippen LogP contribution < -0.4 is 5.32 Å². The topological polar surface area (TPSA) is 41.6 Å². The number of halogens is 2. The first-order chi connectivity index (χ1) is 11.0. The molecule has 0 saturated carbocycles. The van der Waals surface area contributed by atoms with Gasteiger partial charge in [0, 0.05) is 12.6 Å². The highest BCUT2D eigenvalue weighted by Gasteiger charge is 2.37. The molecule has 1 aromatic carbocycles. The summed E-state index contributed by atoms with van der Waals surface area (Å²) in [4.78, 5) is 14.4. The van der Waals surface area contributed by atoms with E-state index in [9.17, 15) is 13.6 Å². The summed E-state index contributed by atoms with van der Waals surface area (Å²) in [5, 5.41) is 3.03. The van der Waals surface area contributed by atoms with Crippen LogP contribution in [0.1, 0.15) is 37.8 Å². The molecule has 2 heterocycles. The fourth-order valence-electron chi connectivity index (χ4n) is 3.55. The van der Waals surface area contributed by atoms with E-state index in [-0.39, 0.29) is 24.1 Å². The van der Waals surface area contributed by atoms with Crippen molar-refractivity contribution < 1.29 is 18.3 Å². The number of ether oxygens (including phenoxy) is 1. The number of nitrogens with zero attached hydrogens (tertiary/aromatic N) is 1. The second kappa shape index (κ2) is 6.53. The molecule has 1 amide bonds. The highest BCUT2D eigenvalue weighted by atomic mass is 19.2. The Hall–Kier alpha value is -1.53. The fraction of sp³-hybridized carbons (Fsp3) is 0.588. The molecule has 1 N–H and O–H groups in total. The Morgan fingerprint density at radius 2 is 2.04 bits per heavy atom. The van der Waals surface area contributed by atoms with Crippen molar-refractivity contribution in [2.75, 3.05) is 13.6 Å². The van der Waals surface area contributed by atoms with Crippen molar-refractivity contribution >= 4 is 5.91 Å². The number of nitrogens with one attached hydrogen (secondary N) is 1. The number of carbonyl (C=O) groups excluding carboxylic acids is 1. The van der Waals surface area contributed by atoms with E-state index in [1.807, 2.05) is 14.0 Å². The third-order valence-corrected chi connectivity index (χ3v) is 4.79. The molecule has 0 aliphatic carbocycles. The number of benzene rings is 1. The molecule has 1 aromatic rings. The number of amides is 1. The van der Waals surface area contributed by atoms with Crippen molar-refractivity contribution in [1.82, 2.24) is 10.2 Å². The molecule has 0 unspecified atom stereocenters. The van der Waals surface area contributed by atoms with Gasteiger partial charge in [-0.2, -0.15) is 0 Å². The van der Waals surface area contributed by atoms with Crippen molar-refractivity contribution in [3.05, 3.63) is 35.4 Å². The molecular weight excluding hydrogens is 302 g/mol. The monoisotopic (exact) mass is 324 g/mol. The summed E-state index contributed by atoms with van der Waals surface area (Å²) in [6.07, 6.45) is 2.09. The van der Waals surface area contributed by atoms with Crippen molar-refractivity contribution in [3.8, 4) is 0 Å². The normalized spacial score (nSPS) is 31.5. The third kappa shape index (κ3) is 3.38. The first-order valence-corrected chi connectivity index (χ1v) is 8.06. The molecule has 126 valence electrons. The summed E-state index contributed by atoms with van der Waals surface area (Å²) in [5.41, 5.74) is 0.676. The van der Waals surface area contributed by atoms with E-state index in [2.05, 4.69) is 10.2 Å². The Morgan fingerprint density at radius 3 is 2.70 bits per heavy atom. The average Bonchev–Trinajstić information content (AvgIpc) is 3.09. The van der Waals surface area contributed by atoms with Crippen LogP contribution in [0.5, 0.6) is 0 Å². The smallest absolute Gasteiger partial charge is 0.249 e. The molecule has 3 rings (SSSR count). The van der Waals surface area contributed by atoms with Gasteiger partial charge in [-0.1, -0.05) is 6.07 Å². The van der Waals surface area contributed by atoms with Crippen molar-refractivity contribution in [2.45, 2.75) is 50.5 Å². The quantitative estimate of drug-likeness (QED) is 0.928. The minimum absolute atomic E-state index is 0.109. The van der Waals surface area contributed by atoms with Gasteiger partial charge in [0.2, 0.25) is 5.91 Å². The molecule has 23 heavy (non-hydrogen) atoms. The van der Waals surface area contributed by atoms with Crippen LogP contribution in [0.3, 0.4) is 0 Å². The third-order valence-electron chi connectivity index (χ3n) is 4.79. The van der Waals surface area contributed by atoms with Gasteiger partial charge in [0.15, 0.2) is 11.6 Å². The summed E-state index contributed by atoms with van der Waals surface area (Å²) < 4.78 is 32.3. The minimum Gasteiger partial charge on any atom is -0.365 e. The molecule has 2 aliphatic heterocycles. The number of likely N-dealkylation sites (N-methyl/N-ethyl adjacent to an activating group) is 1. The lowest BCUT2D eigenvalue weighted by molar-refractivity contribution is -0.132. The summed E-state index contributed by atoms with van der Waals surface area (Å²) in [6, 6.07) is 3.65. The van der Waals surface area contributed by atoms with E-state index >= 15 is 0 Å². The molecule has 2 aliphatic rings. The Kier molecular flexibility index (Phi) is 4.64. The highest BCUT2D eigenvalue weighted by Crippen LogP contribution is 2.32. The number of hydrogen-bond acceptors (Lipinski definition) is 3. The summed E-state index contributed by atoms with van der Waals surface area (Å²) in [6.45, 7) is 2.75. The second-order valence-electron chi connectivity index (χ2n) is 6.52. The largest absolute Gasteiger partial charge is 0.365 e. The van der Waals surface area contributed by atoms with Crippen LogP contribution in [0.4, 0.5) is 8.78 Å². The van der Waals surface area contributed by atoms with Crippen LogP contribution in [0.2, 0.25) is 0 Å². The summed E-state index contributed by atoms with van der Waals surface area (Å²) in [5.74, 6) is -1.83. The fourth-order valence-corrected chi connectivity index (χ4v) is 3.55. The molecule has 0 bridgehead atoms. The molecule has 0 aromatic heterocycles. The lowest BCUT2D eigenvalue weighted by atomic mass is 9.99. The zero-order valence-electron chi connectivity index (χ0n) is 13.4. The summed E-state index contributed by atoms with van der Waals surface area (Å²) in [7, 11) is 1.92. The van der Waals surface area contributed by atoms with E-state index in [0.717, 1.165) is 31.9 Å². The molecule has 2 saturated heterocycles. The molecule has 0 spiro atoms. The lowest BCUT2D eigenvalue weighted by Gasteiger charge is -2.27. The van der Waals surface area contributed by atoms with Gasteiger partial charge in [0.1, 0.15) is 6.10 Å². The number of likely N-dealkylation sites (tertiary alicyclic amines) is 1. The first-order valence-electron chi connectivity index (χ1n) is 8.06. The SMILES string of the molecule is C[C@@H]1CC[C@H](C(=O)N[C@@H]2CCN(C)[C@@H]2c2ccc(F)c(F)c2)O1. The molecule has 4 nitrogen and oxygen atoms in total. The molecule has 0 radical (unpaired) electrons. The predicted molar refractivity (Wildman–Crippen MR) is 81.8 cm³/mol. The maximum absolute atomic E-state index is 13.5. The maximum atomic E-state index is 13.5. The Labute approximate surface area is 134 Å². The predicted octanol–water partition coefficient (Wildman–Crippen LogP) is 2.39. The number of hydrogen-bond donors (Lipinski definition) is 1. The highest BCUT2D eigenvalue weighted by molar-refractivity contribution is 5.81. The standard InChI is InChI=1S/C17H22F2N2O2/c1-10-3-6-15(23-10)17(22)20-14-7-8-21(2)16(14)11-4-5-12(18)13(19)9-11/h4-5,9-10,14-16H,3,6-8H2,1-2H3,(H,20,22)/t10-,14-,15-,16-/m1/s1. The van der Waals surface area contributed by atoms with E-state index in [1.165, 1.54) is 6.07 Å². The Balaban J connectivity index is 1.73. The van der Waals surface area contributed by atoms with E-state index in [1.54, 1.807) is 6.07 Å². The summed E-state index contributed by atoms with van der Waals surface area (Å²) >= 11 is 0. The van der Waals surface area contributed by atoms with Crippen molar-refractivity contribution in [3.63, 3.8) is 0 Å². The maximum Gasteiger partial charge on any atom is 0.249 e. The van der Waals surface area contributed by atoms with Crippen LogP contribution in [0, 0.1) is 11.6 Å². The molecular formula is C17H22F2N2O2. The van der Waals surface area contributed by atoms with Gasteiger partial charge >= 0.3 is 0 Å². The number of rotatable bonds is 3. The van der Waals surface area contributed by atoms with Crippen LogP contribution >= 0.6 is 0 Å². The van der Waals surface area contributed by atoms with Crippen LogP contribution in [-0.4, -0.2) is 42.6 Å². The first kappa shape index (κ1) is 16.3. The zero-order chi connectivity index (χ0) is 16.6. The Morgan fingerprint density at radius 1 is 1.26 bits per heavy atom. The molecule has 2 fully saturated rings. The van der Waals surface area contributed by atoms with Gasteiger partial charge in [-0.05, 0) is 50.9 Å². The van der Waals surface area contributed by atoms with Gasteiger partial charge in [0.05, 0.1) is 12.1 Å². The molecule has 4 atom stereocenters. The second-order valence-corrected chi connectivity index (χ2v) is 6.52. The van der Waals surface area contributed by atoms with E-state index < -0.39 is 17.7 Å². The molecule has 6 heteroatoms. The van der Waals surface area contributed by atoms with Crippen LogP contribution in [-0.2, 0) is 9.53 Å². The van der Waals surface area contributed by atoms with E-state index in [0.29, 0.717) is 5.56 Å². The van der Waals surface area contributed by atoms with Crippen molar-refractivity contribution in [1.29, 1.82) is 0 Å². The van der Waals surface area contributed by atoms with Crippen molar-refractivity contribution in [2.24, 2.45) is 0 Å². The van der Waals surface area contributed by atoms with Crippen LogP contribution in [0.15, 0.2) is 18.2 Å².